The van der Waals surface area contributed by atoms with Gasteiger partial charge in [0.25, 0.3) is 5.91 Å². The van der Waals surface area contributed by atoms with Gasteiger partial charge in [-0.15, -0.1) is 0 Å². The summed E-state index contributed by atoms with van der Waals surface area (Å²) < 4.78 is 4.54. The monoisotopic (exact) mass is 297 g/mol. The van der Waals surface area contributed by atoms with Crippen molar-refractivity contribution in [2.45, 2.75) is 12.5 Å². The van der Waals surface area contributed by atoms with E-state index in [1.165, 1.54) is 7.11 Å². The molecule has 0 aliphatic carbocycles. The first-order chi connectivity index (χ1) is 9.52. The number of carbonyl (C=O) groups is 2. The number of nitrogen functional groups attached to an aromatic ring is 1. The van der Waals surface area contributed by atoms with E-state index < -0.39 is 6.09 Å². The van der Waals surface area contributed by atoms with E-state index in [-0.39, 0.29) is 11.9 Å². The molecule has 1 saturated heterocycles. The van der Waals surface area contributed by atoms with Crippen LogP contribution in [-0.2, 0) is 4.74 Å². The summed E-state index contributed by atoms with van der Waals surface area (Å²) in [7, 11) is 1.30. The van der Waals surface area contributed by atoms with Crippen molar-refractivity contribution in [3.8, 4) is 0 Å². The van der Waals surface area contributed by atoms with Crippen LogP contribution in [0.2, 0.25) is 5.02 Å². The summed E-state index contributed by atoms with van der Waals surface area (Å²) in [5.41, 5.74) is 6.47. The maximum Gasteiger partial charge on any atom is 0.407 e. The van der Waals surface area contributed by atoms with E-state index in [1.54, 1.807) is 23.1 Å². The van der Waals surface area contributed by atoms with E-state index in [0.717, 1.165) is 0 Å². The van der Waals surface area contributed by atoms with Crippen LogP contribution in [0.25, 0.3) is 0 Å². The van der Waals surface area contributed by atoms with Gasteiger partial charge in [0.1, 0.15) is 0 Å². The second kappa shape index (κ2) is 6.00. The summed E-state index contributed by atoms with van der Waals surface area (Å²) in [5.74, 6) is -0.220. The van der Waals surface area contributed by atoms with Crippen LogP contribution in [0.4, 0.5) is 10.5 Å². The van der Waals surface area contributed by atoms with Gasteiger partial charge in [0.15, 0.2) is 0 Å². The third-order valence-corrected chi connectivity index (χ3v) is 3.56. The van der Waals surface area contributed by atoms with Crippen molar-refractivity contribution in [2.24, 2.45) is 0 Å². The molecule has 3 N–H and O–H groups in total. The van der Waals surface area contributed by atoms with E-state index in [1.807, 2.05) is 0 Å². The summed E-state index contributed by atoms with van der Waals surface area (Å²) in [6.45, 7) is 0.955. The Hall–Kier alpha value is -1.95. The van der Waals surface area contributed by atoms with Crippen molar-refractivity contribution in [1.82, 2.24) is 10.2 Å². The molecule has 0 radical (unpaired) electrons. The molecule has 6 nitrogen and oxygen atoms in total. The Balaban J connectivity index is 2.06. The fourth-order valence-electron chi connectivity index (χ4n) is 2.21. The SMILES string of the molecule is COC(=O)NC1CCN(C(=O)c2c(N)cccc2Cl)C1. The van der Waals surface area contributed by atoms with E-state index in [2.05, 4.69) is 10.1 Å². The Labute approximate surface area is 121 Å². The van der Waals surface area contributed by atoms with E-state index in [9.17, 15) is 9.59 Å². The number of rotatable bonds is 2. The second-order valence-corrected chi connectivity index (χ2v) is 4.98. The second-order valence-electron chi connectivity index (χ2n) is 4.58. The van der Waals surface area contributed by atoms with Crippen LogP contribution in [0.1, 0.15) is 16.8 Å². The minimum Gasteiger partial charge on any atom is -0.453 e. The largest absolute Gasteiger partial charge is 0.453 e. The molecule has 1 aromatic carbocycles. The standard InChI is InChI=1S/C13H16ClN3O3/c1-20-13(19)16-8-5-6-17(7-8)12(18)11-9(14)3-2-4-10(11)15/h2-4,8H,5-7,15H2,1H3,(H,16,19). The zero-order valence-corrected chi connectivity index (χ0v) is 11.8. The number of hydrogen-bond acceptors (Lipinski definition) is 4. The van der Waals surface area contributed by atoms with Crippen LogP contribution in [0.3, 0.4) is 0 Å². The van der Waals surface area contributed by atoms with Crippen LogP contribution in [-0.4, -0.2) is 43.1 Å². The molecule has 1 unspecified atom stereocenters. The Morgan fingerprint density at radius 1 is 1.50 bits per heavy atom. The molecule has 1 aliphatic rings. The Morgan fingerprint density at radius 2 is 2.25 bits per heavy atom. The number of nitrogens with two attached hydrogens (primary N) is 1. The lowest BCUT2D eigenvalue weighted by Crippen LogP contribution is -2.38. The van der Waals surface area contributed by atoms with Gasteiger partial charge in [-0.25, -0.2) is 4.79 Å². The number of amides is 2. The van der Waals surface area contributed by atoms with Gasteiger partial charge in [0, 0.05) is 18.8 Å². The smallest absolute Gasteiger partial charge is 0.407 e. The number of nitrogens with zero attached hydrogens (tertiary/aromatic N) is 1. The molecule has 1 heterocycles. The number of alkyl carbamates (subject to hydrolysis) is 1. The molecule has 1 fully saturated rings. The Kier molecular flexibility index (Phi) is 4.34. The molecule has 20 heavy (non-hydrogen) atoms. The zero-order valence-electron chi connectivity index (χ0n) is 11.1. The molecule has 0 bridgehead atoms. The number of anilines is 1. The molecule has 1 aromatic rings. The first kappa shape index (κ1) is 14.5. The lowest BCUT2D eigenvalue weighted by atomic mass is 10.1. The molecule has 0 spiro atoms. The van der Waals surface area contributed by atoms with E-state index >= 15 is 0 Å². The first-order valence-corrected chi connectivity index (χ1v) is 6.58. The molecule has 1 aliphatic heterocycles. The number of likely N-dealkylation sites (tertiary alicyclic amines) is 1. The number of carbonyl (C=O) groups excluding carboxylic acids is 2. The highest BCUT2D eigenvalue weighted by Crippen LogP contribution is 2.25. The van der Waals surface area contributed by atoms with Crippen molar-refractivity contribution >= 4 is 29.3 Å². The van der Waals surface area contributed by atoms with Crippen LogP contribution >= 0.6 is 11.6 Å². The van der Waals surface area contributed by atoms with Gasteiger partial charge in [0.05, 0.1) is 23.7 Å². The first-order valence-electron chi connectivity index (χ1n) is 6.20. The summed E-state index contributed by atoms with van der Waals surface area (Å²) in [4.78, 5) is 25.2. The molecular weight excluding hydrogens is 282 g/mol. The molecule has 0 aromatic heterocycles. The lowest BCUT2D eigenvalue weighted by Gasteiger charge is -2.18. The molecule has 7 heteroatoms. The van der Waals surface area contributed by atoms with Crippen LogP contribution in [0.15, 0.2) is 18.2 Å². The fourth-order valence-corrected chi connectivity index (χ4v) is 2.48. The van der Waals surface area contributed by atoms with Crippen LogP contribution in [0.5, 0.6) is 0 Å². The Morgan fingerprint density at radius 3 is 2.90 bits per heavy atom. The highest BCUT2D eigenvalue weighted by atomic mass is 35.5. The number of methoxy groups -OCH3 is 1. The van der Waals surface area contributed by atoms with Crippen molar-refractivity contribution in [1.29, 1.82) is 0 Å². The zero-order chi connectivity index (χ0) is 14.7. The molecule has 0 saturated carbocycles. The number of ether oxygens (including phenoxy) is 1. The van der Waals surface area contributed by atoms with Crippen molar-refractivity contribution in [3.05, 3.63) is 28.8 Å². The maximum absolute atomic E-state index is 12.4. The molecular formula is C13H16ClN3O3. The summed E-state index contributed by atoms with van der Waals surface area (Å²) in [6, 6.07) is 4.85. The van der Waals surface area contributed by atoms with Gasteiger partial charge in [0.2, 0.25) is 0 Å². The minimum atomic E-state index is -0.499. The average molecular weight is 298 g/mol. The Bertz CT molecular complexity index is 515. The number of nitrogens with one attached hydrogen (secondary N) is 1. The normalized spacial score (nSPS) is 17.9. The molecule has 1 atom stereocenters. The summed E-state index contributed by atoms with van der Waals surface area (Å²) in [6.07, 6.45) is 0.173. The predicted molar refractivity (Wildman–Crippen MR) is 75.7 cm³/mol. The quantitative estimate of drug-likeness (QED) is 0.810. The molecule has 2 rings (SSSR count). The van der Waals surface area contributed by atoms with Gasteiger partial charge in [-0.05, 0) is 18.6 Å². The van der Waals surface area contributed by atoms with Crippen LogP contribution < -0.4 is 11.1 Å². The summed E-state index contributed by atoms with van der Waals surface area (Å²) >= 11 is 6.03. The van der Waals surface area contributed by atoms with Crippen molar-refractivity contribution < 1.29 is 14.3 Å². The number of benzene rings is 1. The molecule has 108 valence electrons. The van der Waals surface area contributed by atoms with Crippen molar-refractivity contribution in [2.75, 3.05) is 25.9 Å². The predicted octanol–water partition coefficient (Wildman–Crippen LogP) is 1.49. The topological polar surface area (TPSA) is 84.7 Å². The van der Waals surface area contributed by atoms with Gasteiger partial charge in [-0.1, -0.05) is 17.7 Å². The highest BCUT2D eigenvalue weighted by molar-refractivity contribution is 6.34. The average Bonchev–Trinajstić information content (AvgIpc) is 2.86. The van der Waals surface area contributed by atoms with Gasteiger partial charge in [-0.3, -0.25) is 4.79 Å². The third kappa shape index (κ3) is 2.96. The van der Waals surface area contributed by atoms with Gasteiger partial charge in [-0.2, -0.15) is 0 Å². The summed E-state index contributed by atoms with van der Waals surface area (Å²) in [5, 5.41) is 3.01. The van der Waals surface area contributed by atoms with Crippen molar-refractivity contribution in [3.63, 3.8) is 0 Å². The van der Waals surface area contributed by atoms with Crippen LogP contribution in [0, 0.1) is 0 Å². The minimum absolute atomic E-state index is 0.116. The number of halogens is 1. The molecule has 2 amide bonds. The van der Waals surface area contributed by atoms with Gasteiger partial charge >= 0.3 is 6.09 Å². The number of hydrogen-bond donors (Lipinski definition) is 2. The lowest BCUT2D eigenvalue weighted by molar-refractivity contribution is 0.0789. The fraction of sp³-hybridized carbons (Fsp3) is 0.385. The van der Waals surface area contributed by atoms with Gasteiger partial charge < -0.3 is 20.7 Å². The van der Waals surface area contributed by atoms with E-state index in [0.29, 0.717) is 35.8 Å². The third-order valence-electron chi connectivity index (χ3n) is 3.24. The highest BCUT2D eigenvalue weighted by Gasteiger charge is 2.29. The van der Waals surface area contributed by atoms with E-state index in [4.69, 9.17) is 17.3 Å². The maximum atomic E-state index is 12.4.